The van der Waals surface area contributed by atoms with E-state index in [4.69, 9.17) is 9.15 Å². The number of rotatable bonds is 8. The number of aliphatic hydroxyl groups excluding tert-OH is 1. The number of ether oxygens (including phenoxy) is 1. The van der Waals surface area contributed by atoms with E-state index in [1.807, 2.05) is 0 Å². The maximum absolute atomic E-state index is 12.8. The number of benzene rings is 2. The second-order valence-electron chi connectivity index (χ2n) is 7.55. The van der Waals surface area contributed by atoms with Gasteiger partial charge in [-0.3, -0.25) is 4.79 Å². The van der Waals surface area contributed by atoms with Crippen LogP contribution in [0.25, 0.3) is 22.1 Å². The van der Waals surface area contributed by atoms with Gasteiger partial charge in [-0.15, -0.1) is 0 Å². The third-order valence-electron chi connectivity index (χ3n) is 5.56. The number of aliphatic hydroxyl groups is 1. The lowest BCUT2D eigenvalue weighted by molar-refractivity contribution is -0.909. The van der Waals surface area contributed by atoms with Crippen molar-refractivity contribution in [2.45, 2.75) is 20.0 Å². The lowest BCUT2D eigenvalue weighted by atomic mass is 10.0. The molecule has 0 spiro atoms. The number of nitrogens with zero attached hydrogens (tertiary/aromatic N) is 1. The molecule has 1 heterocycles. The molecule has 154 valence electrons. The molecular weight excluding hydrogens is 370 g/mol. The first kappa shape index (κ1) is 20.9. The Labute approximate surface area is 170 Å². The third kappa shape index (κ3) is 4.60. The fraction of sp³-hybridized carbons (Fsp3) is 0.348. The van der Waals surface area contributed by atoms with Crippen LogP contribution in [0.4, 0.5) is 0 Å². The standard InChI is InChI=1S/C23H27NO5/c1-4-24(3,5-2)13-16(25)14-28-17-10-11-19-22(12-17)29-15-20(23(19)27)18-8-6-7-9-21(18)26/h6-12,15-16,25H,4-5,13-14H2,1-3H3/p+1. The quantitative estimate of drug-likeness (QED) is 0.569. The van der Waals surface area contributed by atoms with Crippen LogP contribution >= 0.6 is 0 Å². The third-order valence-corrected chi connectivity index (χ3v) is 5.56. The van der Waals surface area contributed by atoms with E-state index in [1.54, 1.807) is 36.4 Å². The van der Waals surface area contributed by atoms with Crippen LogP contribution < -0.4 is 10.2 Å². The highest BCUT2D eigenvalue weighted by Gasteiger charge is 2.22. The summed E-state index contributed by atoms with van der Waals surface area (Å²) in [6, 6.07) is 11.6. The van der Waals surface area contributed by atoms with Gasteiger partial charge in [0, 0.05) is 11.6 Å². The van der Waals surface area contributed by atoms with Gasteiger partial charge in [-0.25, -0.2) is 0 Å². The highest BCUT2D eigenvalue weighted by atomic mass is 16.5. The van der Waals surface area contributed by atoms with Crippen LogP contribution in [-0.2, 0) is 0 Å². The number of aromatic hydroxyl groups is 1. The first-order chi connectivity index (χ1) is 13.9. The molecule has 1 aromatic heterocycles. The highest BCUT2D eigenvalue weighted by molar-refractivity contribution is 5.83. The largest absolute Gasteiger partial charge is 0.507 e. The van der Waals surface area contributed by atoms with Gasteiger partial charge in [0.1, 0.15) is 42.6 Å². The molecule has 6 heteroatoms. The molecule has 3 rings (SSSR count). The lowest BCUT2D eigenvalue weighted by Crippen LogP contribution is -2.49. The number of hydrogen-bond donors (Lipinski definition) is 2. The number of para-hydroxylation sites is 1. The van der Waals surface area contributed by atoms with Crippen molar-refractivity contribution in [3.05, 3.63) is 59.0 Å². The van der Waals surface area contributed by atoms with Crippen molar-refractivity contribution in [1.29, 1.82) is 0 Å². The van der Waals surface area contributed by atoms with E-state index in [9.17, 15) is 15.0 Å². The van der Waals surface area contributed by atoms with Crippen molar-refractivity contribution in [2.24, 2.45) is 0 Å². The maximum Gasteiger partial charge on any atom is 0.200 e. The Balaban J connectivity index is 1.79. The van der Waals surface area contributed by atoms with E-state index >= 15 is 0 Å². The van der Waals surface area contributed by atoms with Gasteiger partial charge in [-0.05, 0) is 32.0 Å². The number of hydrogen-bond acceptors (Lipinski definition) is 5. The predicted molar refractivity (Wildman–Crippen MR) is 113 cm³/mol. The number of phenolic OH excluding ortho intramolecular Hbond substituents is 1. The summed E-state index contributed by atoms with van der Waals surface area (Å²) < 4.78 is 12.1. The first-order valence-corrected chi connectivity index (χ1v) is 9.85. The van der Waals surface area contributed by atoms with Crippen molar-refractivity contribution in [3.63, 3.8) is 0 Å². The van der Waals surface area contributed by atoms with Crippen molar-refractivity contribution in [2.75, 3.05) is 33.3 Å². The molecule has 29 heavy (non-hydrogen) atoms. The summed E-state index contributed by atoms with van der Waals surface area (Å²) in [5, 5.41) is 20.7. The molecule has 0 aliphatic rings. The topological polar surface area (TPSA) is 79.9 Å². The summed E-state index contributed by atoms with van der Waals surface area (Å²) in [7, 11) is 2.11. The van der Waals surface area contributed by atoms with Gasteiger partial charge in [-0.1, -0.05) is 18.2 Å². The molecule has 1 atom stereocenters. The molecule has 0 aliphatic carbocycles. The summed E-state index contributed by atoms with van der Waals surface area (Å²) >= 11 is 0. The zero-order chi connectivity index (χ0) is 21.0. The zero-order valence-corrected chi connectivity index (χ0v) is 17.1. The van der Waals surface area contributed by atoms with E-state index in [-0.39, 0.29) is 17.8 Å². The second kappa shape index (κ2) is 8.68. The molecule has 6 nitrogen and oxygen atoms in total. The fourth-order valence-electron chi connectivity index (χ4n) is 3.32. The Kier molecular flexibility index (Phi) is 6.25. The summed E-state index contributed by atoms with van der Waals surface area (Å²) in [5.41, 5.74) is 0.901. The number of quaternary nitrogens is 1. The van der Waals surface area contributed by atoms with E-state index in [1.165, 1.54) is 12.3 Å². The van der Waals surface area contributed by atoms with Gasteiger partial charge in [0.05, 0.1) is 31.1 Å². The molecule has 0 radical (unpaired) electrons. The summed E-state index contributed by atoms with van der Waals surface area (Å²) in [5.74, 6) is 0.551. The van der Waals surface area contributed by atoms with Gasteiger partial charge in [0.15, 0.2) is 0 Å². The number of phenols is 1. The Hall–Kier alpha value is -2.83. The predicted octanol–water partition coefficient (Wildman–Crippen LogP) is 3.39. The first-order valence-electron chi connectivity index (χ1n) is 9.85. The van der Waals surface area contributed by atoms with E-state index in [0.717, 1.165) is 17.6 Å². The van der Waals surface area contributed by atoms with E-state index < -0.39 is 6.10 Å². The van der Waals surface area contributed by atoms with Crippen molar-refractivity contribution in [3.8, 4) is 22.6 Å². The van der Waals surface area contributed by atoms with Crippen LogP contribution in [0.5, 0.6) is 11.5 Å². The number of fused-ring (bicyclic) bond motifs is 1. The number of likely N-dealkylation sites (N-methyl/N-ethyl adjacent to an activating group) is 1. The van der Waals surface area contributed by atoms with Crippen molar-refractivity contribution >= 4 is 11.0 Å². The average molecular weight is 398 g/mol. The highest BCUT2D eigenvalue weighted by Crippen LogP contribution is 2.28. The molecular formula is C23H28NO5+. The van der Waals surface area contributed by atoms with Crippen molar-refractivity contribution < 1.29 is 23.9 Å². The smallest absolute Gasteiger partial charge is 0.200 e. The van der Waals surface area contributed by atoms with Crippen LogP contribution in [0.3, 0.4) is 0 Å². The Morgan fingerprint density at radius 3 is 2.52 bits per heavy atom. The van der Waals surface area contributed by atoms with Crippen LogP contribution in [0.15, 0.2) is 57.9 Å². The van der Waals surface area contributed by atoms with Crippen LogP contribution in [0.2, 0.25) is 0 Å². The molecule has 0 saturated carbocycles. The SMILES string of the molecule is CC[N+](C)(CC)CC(O)COc1ccc2c(=O)c(-c3ccccc3O)coc2c1. The monoisotopic (exact) mass is 398 g/mol. The minimum atomic E-state index is -0.592. The lowest BCUT2D eigenvalue weighted by Gasteiger charge is -2.33. The Morgan fingerprint density at radius 1 is 1.10 bits per heavy atom. The maximum atomic E-state index is 12.8. The fourth-order valence-corrected chi connectivity index (χ4v) is 3.32. The van der Waals surface area contributed by atoms with Crippen molar-refractivity contribution in [1.82, 2.24) is 0 Å². The van der Waals surface area contributed by atoms with Gasteiger partial charge >= 0.3 is 0 Å². The molecule has 0 aliphatic heterocycles. The molecule has 2 N–H and O–H groups in total. The molecule has 0 amide bonds. The van der Waals surface area contributed by atoms with Gasteiger partial charge in [-0.2, -0.15) is 0 Å². The molecule has 1 unspecified atom stereocenters. The second-order valence-corrected chi connectivity index (χ2v) is 7.55. The minimum absolute atomic E-state index is 0.0256. The molecule has 3 aromatic rings. The minimum Gasteiger partial charge on any atom is -0.507 e. The Morgan fingerprint density at radius 2 is 1.83 bits per heavy atom. The summed E-state index contributed by atoms with van der Waals surface area (Å²) in [4.78, 5) is 12.8. The summed E-state index contributed by atoms with van der Waals surface area (Å²) in [6.45, 7) is 6.86. The van der Waals surface area contributed by atoms with E-state index in [0.29, 0.717) is 34.4 Å². The average Bonchev–Trinajstić information content (AvgIpc) is 2.73. The molecule has 0 saturated heterocycles. The normalized spacial score (nSPS) is 12.8. The van der Waals surface area contributed by atoms with Gasteiger partial charge in [0.25, 0.3) is 0 Å². The van der Waals surface area contributed by atoms with Gasteiger partial charge < -0.3 is 23.9 Å². The van der Waals surface area contributed by atoms with Crippen LogP contribution in [0.1, 0.15) is 13.8 Å². The molecule has 2 aromatic carbocycles. The van der Waals surface area contributed by atoms with Crippen LogP contribution in [0, 0.1) is 0 Å². The molecule has 0 fully saturated rings. The molecule has 0 bridgehead atoms. The van der Waals surface area contributed by atoms with Crippen LogP contribution in [-0.4, -0.2) is 54.1 Å². The van der Waals surface area contributed by atoms with E-state index in [2.05, 4.69) is 20.9 Å². The van der Waals surface area contributed by atoms with Gasteiger partial charge in [0.2, 0.25) is 5.43 Å². The zero-order valence-electron chi connectivity index (χ0n) is 17.1. The summed E-state index contributed by atoms with van der Waals surface area (Å²) in [6.07, 6.45) is 0.759. The Bertz CT molecular complexity index is 1040.